The van der Waals surface area contributed by atoms with Gasteiger partial charge in [0.25, 0.3) is 5.78 Å². The summed E-state index contributed by atoms with van der Waals surface area (Å²) < 4.78 is 49.4. The summed E-state index contributed by atoms with van der Waals surface area (Å²) in [6, 6.07) is -0.686. The molecule has 2 amide bonds. The van der Waals surface area contributed by atoms with Crippen LogP contribution in [0.1, 0.15) is 48.0 Å². The number of carbonyl (C=O) groups excluding carboxylic acids is 3. The molecule has 0 aromatic carbocycles. The van der Waals surface area contributed by atoms with Gasteiger partial charge in [-0.2, -0.15) is 13.2 Å². The van der Waals surface area contributed by atoms with Crippen LogP contribution in [-0.2, 0) is 14.3 Å². The standard InChI is InChI=1S/C17H28F3N3O5/c1-14(2,3)27-12(25)21-8-10-7-16(9-22-10,11(24)17(18,19)20)23-13(26)28-15(4,5)6/h10,22H,7-9H2,1-6H3,(H,21,25)(H,23,26)/t10-,16-/m0/s1. The van der Waals surface area contributed by atoms with E-state index >= 15 is 0 Å². The highest BCUT2D eigenvalue weighted by molar-refractivity contribution is 5.96. The van der Waals surface area contributed by atoms with E-state index in [1.54, 1.807) is 41.5 Å². The number of hydrogen-bond acceptors (Lipinski definition) is 6. The molecule has 0 unspecified atom stereocenters. The Bertz CT molecular complexity index is 611. The summed E-state index contributed by atoms with van der Waals surface area (Å²) in [7, 11) is 0. The van der Waals surface area contributed by atoms with Gasteiger partial charge in [-0.1, -0.05) is 0 Å². The van der Waals surface area contributed by atoms with Crippen molar-refractivity contribution in [1.29, 1.82) is 0 Å². The number of nitrogens with one attached hydrogen (secondary N) is 3. The number of ether oxygens (including phenoxy) is 2. The van der Waals surface area contributed by atoms with Crippen molar-refractivity contribution in [3.63, 3.8) is 0 Å². The van der Waals surface area contributed by atoms with Gasteiger partial charge in [-0.05, 0) is 48.0 Å². The number of ketones is 1. The van der Waals surface area contributed by atoms with Gasteiger partial charge in [0.2, 0.25) is 0 Å². The second-order valence-electron chi connectivity index (χ2n) is 8.70. The van der Waals surface area contributed by atoms with Crippen molar-refractivity contribution < 1.29 is 37.0 Å². The Kier molecular flexibility index (Phi) is 6.98. The molecular formula is C17H28F3N3O5. The van der Waals surface area contributed by atoms with E-state index in [-0.39, 0.29) is 13.0 Å². The summed E-state index contributed by atoms with van der Waals surface area (Å²) in [5.41, 5.74) is -3.90. The summed E-state index contributed by atoms with van der Waals surface area (Å²) in [4.78, 5) is 35.7. The fourth-order valence-electron chi connectivity index (χ4n) is 2.64. The van der Waals surface area contributed by atoms with E-state index in [2.05, 4.69) is 16.0 Å². The topological polar surface area (TPSA) is 106 Å². The lowest BCUT2D eigenvalue weighted by Gasteiger charge is -2.30. The van der Waals surface area contributed by atoms with Gasteiger partial charge in [0.15, 0.2) is 0 Å². The zero-order valence-corrected chi connectivity index (χ0v) is 16.9. The Morgan fingerprint density at radius 3 is 1.96 bits per heavy atom. The Morgan fingerprint density at radius 1 is 1.00 bits per heavy atom. The number of Topliss-reactive ketones (excluding diaryl/α,β-unsaturated/α-hetero) is 1. The SMILES string of the molecule is CC(C)(C)OC(=O)NC[C@@H]1C[C@@](NC(=O)OC(C)(C)C)(C(=O)C(F)(F)F)CN1. The van der Waals surface area contributed by atoms with Gasteiger partial charge in [0.1, 0.15) is 16.7 Å². The first kappa shape index (κ1) is 24.0. The van der Waals surface area contributed by atoms with Crippen molar-refractivity contribution in [3.8, 4) is 0 Å². The normalized spacial score (nSPS) is 23.1. The van der Waals surface area contributed by atoms with Gasteiger partial charge in [-0.15, -0.1) is 0 Å². The Hall–Kier alpha value is -2.04. The van der Waals surface area contributed by atoms with Gasteiger partial charge >= 0.3 is 18.4 Å². The van der Waals surface area contributed by atoms with Crippen LogP contribution in [0.25, 0.3) is 0 Å². The minimum atomic E-state index is -5.15. The van der Waals surface area contributed by atoms with Crippen LogP contribution in [0.2, 0.25) is 0 Å². The highest BCUT2D eigenvalue weighted by Gasteiger charge is 2.57. The van der Waals surface area contributed by atoms with Crippen molar-refractivity contribution in [2.24, 2.45) is 0 Å². The molecule has 0 spiro atoms. The molecule has 162 valence electrons. The van der Waals surface area contributed by atoms with E-state index in [0.717, 1.165) is 0 Å². The van der Waals surface area contributed by atoms with Gasteiger partial charge in [-0.3, -0.25) is 4.79 Å². The summed E-state index contributed by atoms with van der Waals surface area (Å²) in [5.74, 6) is -2.09. The molecule has 3 N–H and O–H groups in total. The quantitative estimate of drug-likeness (QED) is 0.655. The van der Waals surface area contributed by atoms with Crippen LogP contribution in [0.5, 0.6) is 0 Å². The zero-order valence-electron chi connectivity index (χ0n) is 16.9. The van der Waals surface area contributed by atoms with Crippen LogP contribution < -0.4 is 16.0 Å². The van der Waals surface area contributed by atoms with Gasteiger partial charge in [0.05, 0.1) is 0 Å². The minimum Gasteiger partial charge on any atom is -0.444 e. The molecule has 1 fully saturated rings. The number of amides is 2. The summed E-state index contributed by atoms with van der Waals surface area (Å²) in [6.45, 7) is 9.10. The van der Waals surface area contributed by atoms with Crippen LogP contribution in [0.15, 0.2) is 0 Å². The van der Waals surface area contributed by atoms with E-state index in [0.29, 0.717) is 0 Å². The third-order valence-electron chi connectivity index (χ3n) is 3.61. The molecule has 0 radical (unpaired) electrons. The lowest BCUT2D eigenvalue weighted by Crippen LogP contribution is -2.60. The fraction of sp³-hybridized carbons (Fsp3) is 0.824. The molecule has 0 aliphatic carbocycles. The highest BCUT2D eigenvalue weighted by Crippen LogP contribution is 2.30. The van der Waals surface area contributed by atoms with E-state index in [4.69, 9.17) is 9.47 Å². The van der Waals surface area contributed by atoms with Gasteiger partial charge in [0, 0.05) is 19.1 Å². The predicted octanol–water partition coefficient (Wildman–Crippen LogP) is 2.27. The number of halogens is 3. The van der Waals surface area contributed by atoms with E-state index in [1.165, 1.54) is 0 Å². The molecule has 1 saturated heterocycles. The third kappa shape index (κ3) is 7.53. The molecule has 28 heavy (non-hydrogen) atoms. The number of carbonyl (C=O) groups is 3. The highest BCUT2D eigenvalue weighted by atomic mass is 19.4. The summed E-state index contributed by atoms with van der Waals surface area (Å²) >= 11 is 0. The molecule has 1 heterocycles. The number of rotatable bonds is 4. The first-order valence-corrected chi connectivity index (χ1v) is 8.77. The van der Waals surface area contributed by atoms with Crippen LogP contribution in [0.4, 0.5) is 22.8 Å². The number of alkyl carbamates (subject to hydrolysis) is 2. The van der Waals surface area contributed by atoms with Crippen molar-refractivity contribution >= 4 is 18.0 Å². The molecule has 1 aliphatic heterocycles. The Balaban J connectivity index is 2.85. The molecule has 8 nitrogen and oxygen atoms in total. The fourth-order valence-corrected chi connectivity index (χ4v) is 2.64. The molecule has 0 aromatic heterocycles. The minimum absolute atomic E-state index is 0.0855. The monoisotopic (exact) mass is 411 g/mol. The van der Waals surface area contributed by atoms with Gasteiger partial charge in [-0.25, -0.2) is 9.59 Å². The van der Waals surface area contributed by atoms with E-state index < -0.39 is 53.5 Å². The van der Waals surface area contributed by atoms with Crippen molar-refractivity contribution in [2.75, 3.05) is 13.1 Å². The van der Waals surface area contributed by atoms with Crippen molar-refractivity contribution in [2.45, 2.75) is 76.9 Å². The molecule has 11 heteroatoms. The molecule has 1 aliphatic rings. The second kappa shape index (κ2) is 8.14. The van der Waals surface area contributed by atoms with Crippen LogP contribution in [-0.4, -0.2) is 60.0 Å². The summed E-state index contributed by atoms with van der Waals surface area (Å²) in [5, 5.41) is 7.23. The van der Waals surface area contributed by atoms with E-state index in [1.807, 2.05) is 0 Å². The predicted molar refractivity (Wildman–Crippen MR) is 93.8 cm³/mol. The maximum absolute atomic E-state index is 13.1. The molecule has 0 bridgehead atoms. The third-order valence-corrected chi connectivity index (χ3v) is 3.61. The lowest BCUT2D eigenvalue weighted by molar-refractivity contribution is -0.177. The van der Waals surface area contributed by atoms with E-state index in [9.17, 15) is 27.6 Å². The molecule has 0 saturated carbocycles. The molecule has 1 rings (SSSR count). The Labute approximate surface area is 161 Å². The van der Waals surface area contributed by atoms with Gasteiger partial charge < -0.3 is 25.4 Å². The number of alkyl halides is 3. The molecular weight excluding hydrogens is 383 g/mol. The summed E-state index contributed by atoms with van der Waals surface area (Å²) in [6.07, 6.45) is -7.40. The number of hydrogen-bond donors (Lipinski definition) is 3. The Morgan fingerprint density at radius 2 is 1.50 bits per heavy atom. The van der Waals surface area contributed by atoms with Crippen LogP contribution >= 0.6 is 0 Å². The first-order chi connectivity index (χ1) is 12.4. The van der Waals surface area contributed by atoms with Crippen LogP contribution in [0, 0.1) is 0 Å². The maximum Gasteiger partial charge on any atom is 0.452 e. The molecule has 2 atom stereocenters. The average Bonchev–Trinajstić information content (AvgIpc) is 2.83. The van der Waals surface area contributed by atoms with Crippen LogP contribution in [0.3, 0.4) is 0 Å². The largest absolute Gasteiger partial charge is 0.452 e. The van der Waals surface area contributed by atoms with Crippen molar-refractivity contribution in [3.05, 3.63) is 0 Å². The lowest BCUT2D eigenvalue weighted by atomic mass is 9.90. The zero-order chi connectivity index (χ0) is 22.0. The molecule has 0 aromatic rings. The average molecular weight is 411 g/mol. The smallest absolute Gasteiger partial charge is 0.444 e. The maximum atomic E-state index is 13.1. The second-order valence-corrected chi connectivity index (χ2v) is 8.70. The van der Waals surface area contributed by atoms with Crippen molar-refractivity contribution in [1.82, 2.24) is 16.0 Å². The first-order valence-electron chi connectivity index (χ1n) is 8.77.